The third kappa shape index (κ3) is 3.60. The molecule has 0 saturated carbocycles. The van der Waals surface area contributed by atoms with Gasteiger partial charge in [0.05, 0.1) is 5.69 Å². The number of hydrogen-bond donors (Lipinski definition) is 2. The van der Waals surface area contributed by atoms with Gasteiger partial charge in [0, 0.05) is 29.4 Å². The average molecular weight is 325 g/mol. The number of nitrogens with zero attached hydrogens (tertiary/aromatic N) is 2. The molecule has 0 bridgehead atoms. The lowest BCUT2D eigenvalue weighted by molar-refractivity contribution is 1.15. The molecule has 1 aromatic heterocycles. The number of benzene rings is 2. The highest BCUT2D eigenvalue weighted by atomic mass is 35.5. The van der Waals surface area contributed by atoms with Gasteiger partial charge in [-0.2, -0.15) is 4.98 Å². The minimum absolute atomic E-state index is 0.563. The molecule has 3 rings (SSSR count). The molecule has 0 aliphatic rings. The summed E-state index contributed by atoms with van der Waals surface area (Å²) in [6.45, 7) is 2.02. The van der Waals surface area contributed by atoms with Gasteiger partial charge in [-0.15, -0.1) is 0 Å². The number of aryl methyl sites for hydroxylation is 1. The molecule has 4 nitrogen and oxygen atoms in total. The fourth-order valence-corrected chi connectivity index (χ4v) is 2.42. The molecular weight excluding hydrogens is 308 g/mol. The fraction of sp³-hybridized carbons (Fsp3) is 0.111. The maximum absolute atomic E-state index is 6.08. The van der Waals surface area contributed by atoms with Gasteiger partial charge in [-0.1, -0.05) is 48.0 Å². The van der Waals surface area contributed by atoms with Crippen molar-refractivity contribution in [2.45, 2.75) is 6.92 Å². The van der Waals surface area contributed by atoms with Gasteiger partial charge < -0.3 is 10.6 Å². The molecule has 0 radical (unpaired) electrons. The summed E-state index contributed by atoms with van der Waals surface area (Å²) in [6.07, 6.45) is 0. The van der Waals surface area contributed by atoms with Crippen molar-refractivity contribution in [1.29, 1.82) is 0 Å². The first-order valence-electron chi connectivity index (χ1n) is 7.31. The average Bonchev–Trinajstić information content (AvgIpc) is 2.58. The second-order valence-electron chi connectivity index (χ2n) is 5.16. The lowest BCUT2D eigenvalue weighted by atomic mass is 10.1. The van der Waals surface area contributed by atoms with E-state index in [1.54, 1.807) is 7.05 Å². The molecule has 3 aromatic rings. The summed E-state index contributed by atoms with van der Waals surface area (Å²) in [4.78, 5) is 8.98. The Hall–Kier alpha value is -2.59. The van der Waals surface area contributed by atoms with Crippen molar-refractivity contribution in [2.24, 2.45) is 0 Å². The van der Waals surface area contributed by atoms with E-state index in [1.165, 1.54) is 0 Å². The number of anilines is 3. The first kappa shape index (κ1) is 15.3. The first-order valence-corrected chi connectivity index (χ1v) is 7.69. The van der Waals surface area contributed by atoms with Crippen LogP contribution in [-0.2, 0) is 0 Å². The number of nitrogens with one attached hydrogen (secondary N) is 2. The molecular formula is C18H17ClN4. The highest BCUT2D eigenvalue weighted by molar-refractivity contribution is 6.30. The van der Waals surface area contributed by atoms with Gasteiger partial charge in [0.25, 0.3) is 0 Å². The van der Waals surface area contributed by atoms with Crippen LogP contribution in [0.5, 0.6) is 0 Å². The van der Waals surface area contributed by atoms with Crippen molar-refractivity contribution in [1.82, 2.24) is 9.97 Å². The van der Waals surface area contributed by atoms with Crippen LogP contribution in [0.4, 0.5) is 17.5 Å². The van der Waals surface area contributed by atoms with Crippen LogP contribution in [-0.4, -0.2) is 17.0 Å². The molecule has 0 spiro atoms. The predicted molar refractivity (Wildman–Crippen MR) is 96.5 cm³/mol. The van der Waals surface area contributed by atoms with Crippen molar-refractivity contribution in [3.63, 3.8) is 0 Å². The van der Waals surface area contributed by atoms with Crippen molar-refractivity contribution < 1.29 is 0 Å². The third-order valence-corrected chi connectivity index (χ3v) is 3.72. The van der Waals surface area contributed by atoms with Crippen LogP contribution in [0.25, 0.3) is 11.3 Å². The van der Waals surface area contributed by atoms with Crippen LogP contribution >= 0.6 is 11.6 Å². The second-order valence-corrected chi connectivity index (χ2v) is 5.60. The van der Waals surface area contributed by atoms with Gasteiger partial charge in [0.1, 0.15) is 5.82 Å². The molecule has 2 aromatic carbocycles. The summed E-state index contributed by atoms with van der Waals surface area (Å²) >= 11 is 6.08. The summed E-state index contributed by atoms with van der Waals surface area (Å²) < 4.78 is 0. The molecule has 0 aliphatic carbocycles. The van der Waals surface area contributed by atoms with E-state index in [4.69, 9.17) is 11.6 Å². The lowest BCUT2D eigenvalue weighted by Gasteiger charge is -2.12. The van der Waals surface area contributed by atoms with Crippen molar-refractivity contribution in [3.8, 4) is 11.3 Å². The molecule has 2 N–H and O–H groups in total. The van der Waals surface area contributed by atoms with Gasteiger partial charge in [-0.3, -0.25) is 0 Å². The van der Waals surface area contributed by atoms with Gasteiger partial charge in [-0.25, -0.2) is 4.98 Å². The summed E-state index contributed by atoms with van der Waals surface area (Å²) in [5, 5.41) is 7.01. The highest BCUT2D eigenvalue weighted by Crippen LogP contribution is 2.26. The Morgan fingerprint density at radius 2 is 1.74 bits per heavy atom. The molecule has 0 fully saturated rings. The van der Waals surface area contributed by atoms with E-state index >= 15 is 0 Å². The summed E-state index contributed by atoms with van der Waals surface area (Å²) in [5.41, 5.74) is 3.92. The van der Waals surface area contributed by atoms with E-state index in [9.17, 15) is 0 Å². The van der Waals surface area contributed by atoms with E-state index in [0.717, 1.165) is 22.5 Å². The quantitative estimate of drug-likeness (QED) is 0.717. The maximum atomic E-state index is 6.08. The van der Waals surface area contributed by atoms with Crippen LogP contribution in [0, 0.1) is 6.92 Å². The molecule has 0 unspecified atom stereocenters. The lowest BCUT2D eigenvalue weighted by Crippen LogP contribution is -2.02. The highest BCUT2D eigenvalue weighted by Gasteiger charge is 2.07. The molecule has 0 aliphatic heterocycles. The summed E-state index contributed by atoms with van der Waals surface area (Å²) in [5.74, 6) is 1.28. The van der Waals surface area contributed by atoms with E-state index < -0.39 is 0 Å². The number of hydrogen-bond acceptors (Lipinski definition) is 4. The van der Waals surface area contributed by atoms with E-state index in [2.05, 4.69) is 20.6 Å². The fourth-order valence-electron chi connectivity index (χ4n) is 2.25. The molecule has 5 heteroatoms. The normalized spacial score (nSPS) is 10.4. The van der Waals surface area contributed by atoms with Gasteiger partial charge in [0.2, 0.25) is 5.95 Å². The monoisotopic (exact) mass is 324 g/mol. The van der Waals surface area contributed by atoms with Crippen LogP contribution in [0.1, 0.15) is 5.56 Å². The third-order valence-electron chi connectivity index (χ3n) is 3.48. The zero-order chi connectivity index (χ0) is 16.2. The Morgan fingerprint density at radius 1 is 0.957 bits per heavy atom. The predicted octanol–water partition coefficient (Wildman–Crippen LogP) is 4.89. The summed E-state index contributed by atoms with van der Waals surface area (Å²) in [7, 11) is 1.80. The van der Waals surface area contributed by atoms with Crippen molar-refractivity contribution in [2.75, 3.05) is 17.7 Å². The van der Waals surface area contributed by atoms with Crippen LogP contribution in [0.3, 0.4) is 0 Å². The van der Waals surface area contributed by atoms with Crippen LogP contribution in [0.2, 0.25) is 5.02 Å². The Morgan fingerprint density at radius 3 is 2.48 bits per heavy atom. The molecule has 0 amide bonds. The molecule has 0 saturated heterocycles. The standard InChI is InChI=1S/C18H17ClN4/c1-12-8-9-14(19)10-15(12)21-17-11-16(22-18(20-2)23-17)13-6-4-3-5-7-13/h3-11H,1-2H3,(H2,20,21,22,23). The zero-order valence-corrected chi connectivity index (χ0v) is 13.7. The first-order chi connectivity index (χ1) is 11.2. The van der Waals surface area contributed by atoms with Gasteiger partial charge in [-0.05, 0) is 24.6 Å². The largest absolute Gasteiger partial charge is 0.357 e. The van der Waals surface area contributed by atoms with Crippen LogP contribution < -0.4 is 10.6 Å². The van der Waals surface area contributed by atoms with E-state index in [0.29, 0.717) is 16.8 Å². The van der Waals surface area contributed by atoms with Gasteiger partial charge in [0.15, 0.2) is 0 Å². The second kappa shape index (κ2) is 6.67. The molecule has 0 atom stereocenters. The smallest absolute Gasteiger partial charge is 0.224 e. The van der Waals surface area contributed by atoms with Crippen molar-refractivity contribution in [3.05, 3.63) is 65.2 Å². The minimum atomic E-state index is 0.563. The Balaban J connectivity index is 2.00. The minimum Gasteiger partial charge on any atom is -0.357 e. The van der Waals surface area contributed by atoms with Crippen molar-refractivity contribution >= 4 is 29.1 Å². The maximum Gasteiger partial charge on any atom is 0.224 e. The Bertz CT molecular complexity index is 819. The molecule has 23 heavy (non-hydrogen) atoms. The molecule has 1 heterocycles. The van der Waals surface area contributed by atoms with Gasteiger partial charge >= 0.3 is 0 Å². The molecule has 116 valence electrons. The number of halogens is 1. The SMILES string of the molecule is CNc1nc(Nc2cc(Cl)ccc2C)cc(-c2ccccc2)n1. The van der Waals surface area contributed by atoms with E-state index in [1.807, 2.05) is 61.5 Å². The number of rotatable bonds is 4. The topological polar surface area (TPSA) is 49.8 Å². The van der Waals surface area contributed by atoms with E-state index in [-0.39, 0.29) is 0 Å². The zero-order valence-electron chi connectivity index (χ0n) is 13.0. The Labute approximate surface area is 140 Å². The summed E-state index contributed by atoms with van der Waals surface area (Å²) in [6, 6.07) is 17.7. The van der Waals surface area contributed by atoms with Crippen LogP contribution in [0.15, 0.2) is 54.6 Å². The Kier molecular flexibility index (Phi) is 4.44. The number of aromatic nitrogens is 2.